The van der Waals surface area contributed by atoms with Crippen LogP contribution in [0.4, 0.5) is 5.69 Å². The molecule has 8 nitrogen and oxygen atoms in total. The Morgan fingerprint density at radius 1 is 0.900 bits per heavy atom. The van der Waals surface area contributed by atoms with Crippen LogP contribution in [0.25, 0.3) is 16.6 Å². The van der Waals surface area contributed by atoms with Crippen molar-refractivity contribution in [3.8, 4) is 5.69 Å². The molecule has 2 heterocycles. The van der Waals surface area contributed by atoms with Gasteiger partial charge in [0.15, 0.2) is 0 Å². The molecule has 0 spiro atoms. The van der Waals surface area contributed by atoms with E-state index in [1.54, 1.807) is 37.3 Å². The van der Waals surface area contributed by atoms with Crippen molar-refractivity contribution in [1.29, 1.82) is 0 Å². The van der Waals surface area contributed by atoms with Gasteiger partial charge in [0.25, 0.3) is 5.56 Å². The Kier molecular flexibility index (Phi) is 7.56. The van der Waals surface area contributed by atoms with E-state index in [2.05, 4.69) is 25.7 Å². The maximum absolute atomic E-state index is 13.8. The zero-order valence-corrected chi connectivity index (χ0v) is 24.5. The first-order valence-corrected chi connectivity index (χ1v) is 15.0. The highest BCUT2D eigenvalue weighted by Gasteiger charge is 2.30. The first-order valence-electron chi connectivity index (χ1n) is 13.5. The smallest absolute Gasteiger partial charge is 0.266 e. The number of morpholine rings is 1. The quantitative estimate of drug-likeness (QED) is 0.334. The molecule has 0 N–H and O–H groups in total. The second-order valence-electron chi connectivity index (χ2n) is 11.2. The summed E-state index contributed by atoms with van der Waals surface area (Å²) in [5, 5.41) is 0.471. The molecule has 0 aliphatic carbocycles. The van der Waals surface area contributed by atoms with Crippen LogP contribution < -0.4 is 10.5 Å². The molecule has 1 aliphatic heterocycles. The monoisotopic (exact) mass is 560 g/mol. The highest BCUT2D eigenvalue weighted by molar-refractivity contribution is 7.89. The van der Waals surface area contributed by atoms with Crippen LogP contribution in [0, 0.1) is 0 Å². The lowest BCUT2D eigenvalue weighted by Crippen LogP contribution is -2.36. The van der Waals surface area contributed by atoms with Crippen LogP contribution in [-0.2, 0) is 20.2 Å². The third-order valence-electron chi connectivity index (χ3n) is 7.60. The summed E-state index contributed by atoms with van der Waals surface area (Å²) in [5.74, 6) is 0.347. The van der Waals surface area contributed by atoms with E-state index in [4.69, 9.17) is 9.72 Å². The Labute approximate surface area is 235 Å². The third-order valence-corrected chi connectivity index (χ3v) is 9.54. The molecule has 1 fully saturated rings. The zero-order chi connectivity index (χ0) is 28.7. The molecule has 1 saturated heterocycles. The number of aromatic nitrogens is 2. The van der Waals surface area contributed by atoms with Crippen LogP contribution in [0.3, 0.4) is 0 Å². The molecule has 9 heteroatoms. The van der Waals surface area contributed by atoms with Crippen molar-refractivity contribution >= 4 is 26.6 Å². The highest BCUT2D eigenvalue weighted by Crippen LogP contribution is 2.29. The topological polar surface area (TPSA) is 84.7 Å². The molecule has 0 bridgehead atoms. The van der Waals surface area contributed by atoms with Crippen molar-refractivity contribution in [2.24, 2.45) is 0 Å². The Morgan fingerprint density at radius 2 is 1.50 bits per heavy atom. The molecular formula is C31H36N4O4S. The van der Waals surface area contributed by atoms with Crippen LogP contribution in [-0.4, -0.2) is 55.6 Å². The van der Waals surface area contributed by atoms with Crippen molar-refractivity contribution < 1.29 is 13.2 Å². The first kappa shape index (κ1) is 28.0. The predicted octanol–water partition coefficient (Wildman–Crippen LogP) is 4.90. The number of para-hydroxylation sites is 1. The van der Waals surface area contributed by atoms with Crippen LogP contribution in [0.1, 0.15) is 45.1 Å². The van der Waals surface area contributed by atoms with Gasteiger partial charge in [0.05, 0.1) is 40.7 Å². The molecule has 0 saturated carbocycles. The molecule has 5 rings (SSSR count). The lowest BCUT2D eigenvalue weighted by Gasteiger charge is -2.29. The molecule has 3 aromatic carbocycles. The number of anilines is 1. The average Bonchev–Trinajstić information content (AvgIpc) is 2.96. The van der Waals surface area contributed by atoms with Gasteiger partial charge in [0, 0.05) is 25.8 Å². The van der Waals surface area contributed by atoms with Gasteiger partial charge in [0.2, 0.25) is 10.0 Å². The molecule has 1 unspecified atom stereocenters. The van der Waals surface area contributed by atoms with Gasteiger partial charge in [-0.05, 0) is 66.4 Å². The molecule has 1 atom stereocenters. The van der Waals surface area contributed by atoms with Crippen molar-refractivity contribution in [2.75, 3.05) is 38.3 Å². The fourth-order valence-electron chi connectivity index (χ4n) is 4.98. The van der Waals surface area contributed by atoms with E-state index in [-0.39, 0.29) is 15.9 Å². The van der Waals surface area contributed by atoms with Crippen molar-refractivity contribution in [3.63, 3.8) is 0 Å². The highest BCUT2D eigenvalue weighted by atomic mass is 32.2. The summed E-state index contributed by atoms with van der Waals surface area (Å²) in [4.78, 5) is 21.1. The summed E-state index contributed by atoms with van der Waals surface area (Å²) in [5.41, 5.74) is 2.91. The van der Waals surface area contributed by atoms with E-state index in [0.29, 0.717) is 35.6 Å². The van der Waals surface area contributed by atoms with Crippen LogP contribution in [0.15, 0.2) is 82.5 Å². The molecule has 4 aromatic rings. The Morgan fingerprint density at radius 3 is 2.12 bits per heavy atom. The Bertz CT molecular complexity index is 1670. The summed E-state index contributed by atoms with van der Waals surface area (Å²) < 4.78 is 35.7. The second kappa shape index (κ2) is 10.8. The minimum Gasteiger partial charge on any atom is -0.378 e. The maximum atomic E-state index is 13.8. The van der Waals surface area contributed by atoms with E-state index in [9.17, 15) is 13.2 Å². The summed E-state index contributed by atoms with van der Waals surface area (Å²) in [6, 6.07) is 21.1. The van der Waals surface area contributed by atoms with E-state index in [1.807, 2.05) is 42.5 Å². The third kappa shape index (κ3) is 5.29. The number of rotatable bonds is 6. The van der Waals surface area contributed by atoms with Crippen LogP contribution >= 0.6 is 0 Å². The van der Waals surface area contributed by atoms with Crippen molar-refractivity contribution in [1.82, 2.24) is 13.9 Å². The van der Waals surface area contributed by atoms with E-state index >= 15 is 0 Å². The van der Waals surface area contributed by atoms with Crippen LogP contribution in [0.5, 0.6) is 0 Å². The SMILES string of the molecule is CC(c1nc2ccccc2c(=O)n1-c1ccc(N2CCOCC2)cc1)N(C)S(=O)(=O)c1ccc(C(C)(C)C)cc1. The summed E-state index contributed by atoms with van der Waals surface area (Å²) in [6.07, 6.45) is 0. The van der Waals surface area contributed by atoms with E-state index in [0.717, 1.165) is 24.3 Å². The largest absolute Gasteiger partial charge is 0.378 e. The van der Waals surface area contributed by atoms with Gasteiger partial charge in [0.1, 0.15) is 5.82 Å². The molecule has 1 aromatic heterocycles. The second-order valence-corrected chi connectivity index (χ2v) is 13.2. The van der Waals surface area contributed by atoms with Gasteiger partial charge in [-0.2, -0.15) is 4.31 Å². The number of sulfonamides is 1. The van der Waals surface area contributed by atoms with E-state index < -0.39 is 16.1 Å². The van der Waals surface area contributed by atoms with Gasteiger partial charge in [-0.3, -0.25) is 9.36 Å². The number of hydrogen-bond donors (Lipinski definition) is 0. The predicted molar refractivity (Wildman–Crippen MR) is 159 cm³/mol. The standard InChI is InChI=1S/C31H36N4O4S/c1-22(33(5)40(37,38)26-16-10-23(11-17-26)31(2,3)4)29-32-28-9-7-6-8-27(28)30(36)35(29)25-14-12-24(13-15-25)34-18-20-39-21-19-34/h6-17,22H,18-21H2,1-5H3. The molecule has 210 valence electrons. The Balaban J connectivity index is 1.57. The molecule has 0 amide bonds. The van der Waals surface area contributed by atoms with Gasteiger partial charge >= 0.3 is 0 Å². The fraction of sp³-hybridized carbons (Fsp3) is 0.355. The van der Waals surface area contributed by atoms with Crippen molar-refractivity contribution in [2.45, 2.75) is 44.0 Å². The van der Waals surface area contributed by atoms with Crippen LogP contribution in [0.2, 0.25) is 0 Å². The molecule has 0 radical (unpaired) electrons. The minimum absolute atomic E-state index is 0.0934. The van der Waals surface area contributed by atoms with E-state index in [1.165, 1.54) is 15.9 Å². The average molecular weight is 561 g/mol. The van der Waals surface area contributed by atoms with Gasteiger partial charge in [-0.25, -0.2) is 13.4 Å². The Hall–Kier alpha value is -3.53. The first-order chi connectivity index (χ1) is 19.0. The summed E-state index contributed by atoms with van der Waals surface area (Å²) in [6.45, 7) is 11.0. The van der Waals surface area contributed by atoms with Crippen molar-refractivity contribution in [3.05, 3.63) is 94.5 Å². The molecule has 40 heavy (non-hydrogen) atoms. The number of benzene rings is 3. The van der Waals surface area contributed by atoms with Gasteiger partial charge in [-0.15, -0.1) is 0 Å². The number of hydrogen-bond acceptors (Lipinski definition) is 6. The maximum Gasteiger partial charge on any atom is 0.266 e. The molecular weight excluding hydrogens is 524 g/mol. The number of ether oxygens (including phenoxy) is 1. The minimum atomic E-state index is -3.88. The summed E-state index contributed by atoms with van der Waals surface area (Å²) >= 11 is 0. The normalized spacial score (nSPS) is 15.5. The van der Waals surface area contributed by atoms with Gasteiger partial charge < -0.3 is 9.64 Å². The molecule has 1 aliphatic rings. The lowest BCUT2D eigenvalue weighted by molar-refractivity contribution is 0.122. The zero-order valence-electron chi connectivity index (χ0n) is 23.7. The lowest BCUT2D eigenvalue weighted by atomic mass is 9.87. The summed E-state index contributed by atoms with van der Waals surface area (Å²) in [7, 11) is -2.34. The number of nitrogens with zero attached hydrogens (tertiary/aromatic N) is 4. The van der Waals surface area contributed by atoms with Gasteiger partial charge in [-0.1, -0.05) is 45.0 Å². The fourth-order valence-corrected chi connectivity index (χ4v) is 6.30. The number of fused-ring (bicyclic) bond motifs is 1.